The van der Waals surface area contributed by atoms with E-state index >= 15 is 0 Å². The van der Waals surface area contributed by atoms with Gasteiger partial charge >= 0.3 is 5.97 Å². The van der Waals surface area contributed by atoms with Gasteiger partial charge in [0.2, 0.25) is 0 Å². The first-order valence-electron chi connectivity index (χ1n) is 4.27. The van der Waals surface area contributed by atoms with E-state index in [0.717, 1.165) is 0 Å². The van der Waals surface area contributed by atoms with Gasteiger partial charge in [0.1, 0.15) is 5.75 Å². The minimum absolute atomic E-state index is 0.0595. The van der Waals surface area contributed by atoms with Gasteiger partial charge in [-0.1, -0.05) is 6.07 Å². The summed E-state index contributed by atoms with van der Waals surface area (Å²) in [6, 6.07) is 4.49. The van der Waals surface area contributed by atoms with Crippen LogP contribution in [0.2, 0.25) is 0 Å². The number of benzene rings is 1. The fourth-order valence-electron chi connectivity index (χ4n) is 1.30. The first-order chi connectivity index (χ1) is 6.63. The standard InChI is InChI=1S/C10H12O4/c11-4-3-8-5-9(12)2-1-7(8)6-10(13)14/h1-2,5,11-12H,3-4,6H2,(H,13,14). The zero-order valence-corrected chi connectivity index (χ0v) is 7.60. The van der Waals surface area contributed by atoms with Crippen molar-refractivity contribution in [2.75, 3.05) is 6.61 Å². The average Bonchev–Trinajstić information content (AvgIpc) is 2.09. The quantitative estimate of drug-likeness (QED) is 0.657. The van der Waals surface area contributed by atoms with Gasteiger partial charge in [-0.15, -0.1) is 0 Å². The summed E-state index contributed by atoms with van der Waals surface area (Å²) in [7, 11) is 0. The van der Waals surface area contributed by atoms with Gasteiger partial charge in [0.05, 0.1) is 6.42 Å². The number of rotatable bonds is 4. The topological polar surface area (TPSA) is 77.8 Å². The minimum Gasteiger partial charge on any atom is -0.508 e. The molecule has 0 atom stereocenters. The van der Waals surface area contributed by atoms with Gasteiger partial charge in [0, 0.05) is 6.61 Å². The minimum atomic E-state index is -0.921. The molecule has 0 aromatic heterocycles. The molecule has 0 saturated carbocycles. The number of carboxylic acids is 1. The number of hydrogen-bond donors (Lipinski definition) is 3. The molecule has 0 aliphatic carbocycles. The maximum absolute atomic E-state index is 10.5. The molecule has 0 saturated heterocycles. The molecule has 3 N–H and O–H groups in total. The Morgan fingerprint density at radius 3 is 2.57 bits per heavy atom. The zero-order chi connectivity index (χ0) is 10.6. The van der Waals surface area contributed by atoms with Crippen LogP contribution in [0.3, 0.4) is 0 Å². The van der Waals surface area contributed by atoms with Crippen molar-refractivity contribution >= 4 is 5.97 Å². The predicted octanol–water partition coefficient (Wildman–Crippen LogP) is 0.554. The Bertz CT molecular complexity index is 333. The monoisotopic (exact) mass is 196 g/mol. The molecule has 0 aliphatic rings. The number of carbonyl (C=O) groups is 1. The second-order valence-corrected chi connectivity index (χ2v) is 3.00. The normalized spacial score (nSPS) is 10.1. The van der Waals surface area contributed by atoms with Crippen LogP contribution in [-0.2, 0) is 17.6 Å². The van der Waals surface area contributed by atoms with Crippen molar-refractivity contribution in [3.05, 3.63) is 29.3 Å². The van der Waals surface area contributed by atoms with Crippen LogP contribution in [0.15, 0.2) is 18.2 Å². The average molecular weight is 196 g/mol. The molecule has 0 aliphatic heterocycles. The van der Waals surface area contributed by atoms with E-state index in [4.69, 9.17) is 15.3 Å². The number of phenolic OH excluding ortho intramolecular Hbond substituents is 1. The number of aliphatic hydroxyl groups excluding tert-OH is 1. The molecule has 0 bridgehead atoms. The molecule has 1 aromatic carbocycles. The zero-order valence-electron chi connectivity index (χ0n) is 7.60. The van der Waals surface area contributed by atoms with Crippen molar-refractivity contribution in [2.24, 2.45) is 0 Å². The first-order valence-corrected chi connectivity index (χ1v) is 4.27. The predicted molar refractivity (Wildman–Crippen MR) is 50.2 cm³/mol. The summed E-state index contributed by atoms with van der Waals surface area (Å²) in [4.78, 5) is 10.5. The molecular formula is C10H12O4. The lowest BCUT2D eigenvalue weighted by Gasteiger charge is -2.06. The highest BCUT2D eigenvalue weighted by atomic mass is 16.4. The van der Waals surface area contributed by atoms with Crippen molar-refractivity contribution in [2.45, 2.75) is 12.8 Å². The van der Waals surface area contributed by atoms with Crippen LogP contribution in [0.25, 0.3) is 0 Å². The van der Waals surface area contributed by atoms with Crippen LogP contribution in [0.1, 0.15) is 11.1 Å². The van der Waals surface area contributed by atoms with Crippen LogP contribution >= 0.6 is 0 Å². The number of aliphatic hydroxyl groups is 1. The SMILES string of the molecule is O=C(O)Cc1ccc(O)cc1CCO. The highest BCUT2D eigenvalue weighted by molar-refractivity contribution is 5.70. The van der Waals surface area contributed by atoms with E-state index in [1.807, 2.05) is 0 Å². The highest BCUT2D eigenvalue weighted by Crippen LogP contribution is 2.17. The van der Waals surface area contributed by atoms with E-state index < -0.39 is 5.97 Å². The maximum atomic E-state index is 10.5. The van der Waals surface area contributed by atoms with Crippen LogP contribution in [0.5, 0.6) is 5.75 Å². The van der Waals surface area contributed by atoms with E-state index in [0.29, 0.717) is 17.5 Å². The van der Waals surface area contributed by atoms with E-state index in [1.54, 1.807) is 6.07 Å². The van der Waals surface area contributed by atoms with Crippen LogP contribution in [-0.4, -0.2) is 27.9 Å². The van der Waals surface area contributed by atoms with Gasteiger partial charge in [-0.25, -0.2) is 0 Å². The lowest BCUT2D eigenvalue weighted by atomic mass is 10.0. The molecule has 0 heterocycles. The third-order valence-corrected chi connectivity index (χ3v) is 1.91. The summed E-state index contributed by atoms with van der Waals surface area (Å²) in [5, 5.41) is 26.5. The van der Waals surface area contributed by atoms with Crippen molar-refractivity contribution < 1.29 is 20.1 Å². The second kappa shape index (κ2) is 4.62. The Kier molecular flexibility index (Phi) is 3.48. The summed E-state index contributed by atoms with van der Waals surface area (Å²) >= 11 is 0. The summed E-state index contributed by atoms with van der Waals surface area (Å²) in [5.74, 6) is -0.836. The molecule has 0 fully saturated rings. The Morgan fingerprint density at radius 2 is 2.00 bits per heavy atom. The van der Waals surface area contributed by atoms with Crippen molar-refractivity contribution in [3.8, 4) is 5.75 Å². The van der Waals surface area contributed by atoms with E-state index in [1.165, 1.54) is 12.1 Å². The second-order valence-electron chi connectivity index (χ2n) is 3.00. The van der Waals surface area contributed by atoms with Crippen molar-refractivity contribution in [1.82, 2.24) is 0 Å². The Balaban J connectivity index is 2.95. The third kappa shape index (κ3) is 2.74. The van der Waals surface area contributed by atoms with E-state index in [9.17, 15) is 4.79 Å². The third-order valence-electron chi connectivity index (χ3n) is 1.91. The lowest BCUT2D eigenvalue weighted by Crippen LogP contribution is -2.04. The first kappa shape index (κ1) is 10.5. The highest BCUT2D eigenvalue weighted by Gasteiger charge is 2.07. The van der Waals surface area contributed by atoms with E-state index in [2.05, 4.69) is 0 Å². The van der Waals surface area contributed by atoms with Crippen LogP contribution in [0.4, 0.5) is 0 Å². The lowest BCUT2D eigenvalue weighted by molar-refractivity contribution is -0.136. The van der Waals surface area contributed by atoms with Crippen molar-refractivity contribution in [3.63, 3.8) is 0 Å². The number of hydrogen-bond acceptors (Lipinski definition) is 3. The summed E-state index contributed by atoms with van der Waals surface area (Å²) in [5.41, 5.74) is 1.30. The molecular weight excluding hydrogens is 184 g/mol. The Labute approximate surface area is 81.4 Å². The van der Waals surface area contributed by atoms with Crippen LogP contribution in [0, 0.1) is 0 Å². The fourth-order valence-corrected chi connectivity index (χ4v) is 1.30. The Hall–Kier alpha value is -1.55. The number of phenols is 1. The molecule has 4 nitrogen and oxygen atoms in total. The molecule has 14 heavy (non-hydrogen) atoms. The van der Waals surface area contributed by atoms with Gasteiger partial charge in [0.15, 0.2) is 0 Å². The van der Waals surface area contributed by atoms with E-state index in [-0.39, 0.29) is 18.8 Å². The number of aromatic hydroxyl groups is 1. The maximum Gasteiger partial charge on any atom is 0.307 e. The van der Waals surface area contributed by atoms with Gasteiger partial charge in [0.25, 0.3) is 0 Å². The summed E-state index contributed by atoms with van der Waals surface area (Å²) in [6.07, 6.45) is 0.270. The molecule has 1 aromatic rings. The summed E-state index contributed by atoms with van der Waals surface area (Å²) in [6.45, 7) is -0.0595. The van der Waals surface area contributed by atoms with Gasteiger partial charge in [-0.05, 0) is 29.7 Å². The van der Waals surface area contributed by atoms with Gasteiger partial charge in [-0.2, -0.15) is 0 Å². The molecule has 0 amide bonds. The molecule has 0 spiro atoms. The number of carboxylic acid groups (broad SMARTS) is 1. The molecule has 1 rings (SSSR count). The summed E-state index contributed by atoms with van der Waals surface area (Å²) < 4.78 is 0. The van der Waals surface area contributed by atoms with Crippen LogP contribution < -0.4 is 0 Å². The molecule has 76 valence electrons. The fraction of sp³-hybridized carbons (Fsp3) is 0.300. The van der Waals surface area contributed by atoms with Crippen molar-refractivity contribution in [1.29, 1.82) is 0 Å². The largest absolute Gasteiger partial charge is 0.508 e. The molecule has 4 heteroatoms. The molecule has 0 unspecified atom stereocenters. The van der Waals surface area contributed by atoms with Gasteiger partial charge in [-0.3, -0.25) is 4.79 Å². The number of aliphatic carboxylic acids is 1. The Morgan fingerprint density at radius 1 is 1.29 bits per heavy atom. The van der Waals surface area contributed by atoms with Gasteiger partial charge < -0.3 is 15.3 Å². The molecule has 0 radical (unpaired) electrons. The smallest absolute Gasteiger partial charge is 0.307 e.